The van der Waals surface area contributed by atoms with Crippen molar-refractivity contribution < 1.29 is 9.53 Å². The summed E-state index contributed by atoms with van der Waals surface area (Å²) in [6.45, 7) is 11.0. The van der Waals surface area contributed by atoms with E-state index in [1.807, 2.05) is 46.2 Å². The summed E-state index contributed by atoms with van der Waals surface area (Å²) in [6, 6.07) is 0. The molecule has 0 fully saturated rings. The van der Waals surface area contributed by atoms with Gasteiger partial charge in [-0.15, -0.1) is 11.3 Å². The van der Waals surface area contributed by atoms with Crippen LogP contribution >= 0.6 is 11.3 Å². The molecule has 1 amide bonds. The van der Waals surface area contributed by atoms with Gasteiger partial charge in [0.05, 0.1) is 5.01 Å². The molecule has 2 rings (SSSR count). The van der Waals surface area contributed by atoms with Crippen LogP contribution in [0.3, 0.4) is 0 Å². The van der Waals surface area contributed by atoms with Gasteiger partial charge in [-0.2, -0.15) is 0 Å². The summed E-state index contributed by atoms with van der Waals surface area (Å²) in [5, 5.41) is 3.13. The molecule has 118 valence electrons. The molecule has 0 saturated heterocycles. The van der Waals surface area contributed by atoms with Crippen LogP contribution in [-0.2, 0) is 11.2 Å². The fraction of sp³-hybridized carbons (Fsp3) is 0.625. The van der Waals surface area contributed by atoms with Crippen LogP contribution < -0.4 is 0 Å². The largest absolute Gasteiger partial charge is 0.444 e. The summed E-state index contributed by atoms with van der Waals surface area (Å²) in [5.74, 6) is 0. The maximum atomic E-state index is 11.9. The van der Waals surface area contributed by atoms with E-state index in [2.05, 4.69) is 11.1 Å². The van der Waals surface area contributed by atoms with Crippen molar-refractivity contribution >= 4 is 17.4 Å². The van der Waals surface area contributed by atoms with Gasteiger partial charge in [0, 0.05) is 31.1 Å². The molecule has 0 aromatic carbocycles. The van der Waals surface area contributed by atoms with Crippen molar-refractivity contribution in [2.45, 2.75) is 53.1 Å². The average molecular weight is 310 g/mol. The third-order valence-electron chi connectivity index (χ3n) is 2.82. The molecule has 0 spiro atoms. The summed E-state index contributed by atoms with van der Waals surface area (Å²) in [6.07, 6.45) is 5.53. The summed E-state index contributed by atoms with van der Waals surface area (Å²) in [4.78, 5) is 17.9. The van der Waals surface area contributed by atoms with E-state index in [1.165, 1.54) is 5.57 Å². The third kappa shape index (κ3) is 6.29. The van der Waals surface area contributed by atoms with Gasteiger partial charge < -0.3 is 9.64 Å². The quantitative estimate of drug-likeness (QED) is 0.766. The maximum Gasteiger partial charge on any atom is 0.410 e. The molecule has 5 heteroatoms. The number of amides is 1. The number of hydrogen-bond acceptors (Lipinski definition) is 4. The first-order valence-electron chi connectivity index (χ1n) is 7.48. The zero-order valence-corrected chi connectivity index (χ0v) is 14.5. The van der Waals surface area contributed by atoms with Crippen LogP contribution in [-0.4, -0.2) is 34.7 Å². The molecule has 0 N–H and O–H groups in total. The Labute approximate surface area is 131 Å². The minimum Gasteiger partial charge on any atom is -0.444 e. The van der Waals surface area contributed by atoms with Gasteiger partial charge in [0.2, 0.25) is 0 Å². The fourth-order valence-corrected chi connectivity index (χ4v) is 2.57. The molecule has 0 atom stereocenters. The highest BCUT2D eigenvalue weighted by Crippen LogP contribution is 2.19. The monoisotopic (exact) mass is 310 g/mol. The smallest absolute Gasteiger partial charge is 0.410 e. The van der Waals surface area contributed by atoms with E-state index in [4.69, 9.17) is 4.74 Å². The molecule has 1 aliphatic rings. The number of hydrogen-bond donors (Lipinski definition) is 0. The minimum absolute atomic E-state index is 0.225. The van der Waals surface area contributed by atoms with E-state index in [-0.39, 0.29) is 6.09 Å². The highest BCUT2D eigenvalue weighted by molar-refractivity contribution is 7.09. The fourth-order valence-electron chi connectivity index (χ4n) is 1.90. The van der Waals surface area contributed by atoms with E-state index < -0.39 is 5.60 Å². The molecule has 0 bridgehead atoms. The van der Waals surface area contributed by atoms with Gasteiger partial charge in [0.1, 0.15) is 5.60 Å². The van der Waals surface area contributed by atoms with Gasteiger partial charge in [-0.3, -0.25) is 0 Å². The second-order valence-corrected chi connectivity index (χ2v) is 6.62. The molecule has 0 saturated carbocycles. The molecule has 0 unspecified atom stereocenters. The molecule has 1 aromatic heterocycles. The molecule has 1 aliphatic heterocycles. The predicted octanol–water partition coefficient (Wildman–Crippen LogP) is 4.28. The van der Waals surface area contributed by atoms with Gasteiger partial charge in [-0.1, -0.05) is 25.5 Å². The van der Waals surface area contributed by atoms with Crippen molar-refractivity contribution in [3.8, 4) is 0 Å². The van der Waals surface area contributed by atoms with Crippen molar-refractivity contribution in [3.63, 3.8) is 0 Å². The van der Waals surface area contributed by atoms with Gasteiger partial charge in [-0.25, -0.2) is 9.78 Å². The zero-order chi connectivity index (χ0) is 15.9. The van der Waals surface area contributed by atoms with Gasteiger partial charge in [-0.05, 0) is 27.2 Å². The standard InChI is InChI=1S/C14H20N2O2S.C2H6/c1-14(2,3)18-13(17)16-7-4-11(5-8-16)10-12-15-6-9-19-12;1-2/h4,6,9H,5,7-8,10H2,1-3H3;1-2H3. The highest BCUT2D eigenvalue weighted by Gasteiger charge is 2.23. The summed E-state index contributed by atoms with van der Waals surface area (Å²) >= 11 is 1.67. The number of carbonyl (C=O) groups excluding carboxylic acids is 1. The Balaban J connectivity index is 0.00000106. The first-order valence-corrected chi connectivity index (χ1v) is 8.36. The molecule has 1 aromatic rings. The van der Waals surface area contributed by atoms with Crippen molar-refractivity contribution in [3.05, 3.63) is 28.2 Å². The Morgan fingerprint density at radius 2 is 2.14 bits per heavy atom. The predicted molar refractivity (Wildman–Crippen MR) is 87.7 cm³/mol. The van der Waals surface area contributed by atoms with Crippen molar-refractivity contribution in [2.75, 3.05) is 13.1 Å². The Kier molecular flexibility index (Phi) is 6.89. The zero-order valence-electron chi connectivity index (χ0n) is 13.7. The number of thiazole rings is 1. The number of carbonyl (C=O) groups is 1. The third-order valence-corrected chi connectivity index (χ3v) is 3.60. The summed E-state index contributed by atoms with van der Waals surface area (Å²) < 4.78 is 5.37. The average Bonchev–Trinajstić information content (AvgIpc) is 2.93. The molecule has 0 aliphatic carbocycles. The van der Waals surface area contributed by atoms with Crippen LogP contribution in [0.1, 0.15) is 46.0 Å². The normalized spacial score (nSPS) is 14.9. The molecular formula is C16H26N2O2S. The number of ether oxygens (including phenoxy) is 1. The molecular weight excluding hydrogens is 284 g/mol. The highest BCUT2D eigenvalue weighted by atomic mass is 32.1. The summed E-state index contributed by atoms with van der Waals surface area (Å²) in [7, 11) is 0. The van der Waals surface area contributed by atoms with Gasteiger partial charge in [0.15, 0.2) is 0 Å². The van der Waals surface area contributed by atoms with Crippen LogP contribution in [0.5, 0.6) is 0 Å². The second kappa shape index (κ2) is 8.17. The topological polar surface area (TPSA) is 42.4 Å². The van der Waals surface area contributed by atoms with E-state index in [1.54, 1.807) is 16.2 Å². The van der Waals surface area contributed by atoms with Crippen LogP contribution in [0.4, 0.5) is 4.79 Å². The van der Waals surface area contributed by atoms with Gasteiger partial charge >= 0.3 is 6.09 Å². The van der Waals surface area contributed by atoms with Crippen LogP contribution in [0.2, 0.25) is 0 Å². The van der Waals surface area contributed by atoms with Gasteiger partial charge in [0.25, 0.3) is 0 Å². The Morgan fingerprint density at radius 1 is 1.43 bits per heavy atom. The van der Waals surface area contributed by atoms with Crippen molar-refractivity contribution in [1.29, 1.82) is 0 Å². The SMILES string of the molecule is CC.CC(C)(C)OC(=O)N1CC=C(Cc2nccs2)CC1. The number of nitrogens with zero attached hydrogens (tertiary/aromatic N) is 2. The Bertz CT molecular complexity index is 461. The lowest BCUT2D eigenvalue weighted by Crippen LogP contribution is -2.39. The lowest BCUT2D eigenvalue weighted by molar-refractivity contribution is 0.0265. The molecule has 0 radical (unpaired) electrons. The first kappa shape index (κ1) is 17.7. The maximum absolute atomic E-state index is 11.9. The van der Waals surface area contributed by atoms with E-state index in [9.17, 15) is 4.79 Å². The molecule has 2 heterocycles. The lowest BCUT2D eigenvalue weighted by Gasteiger charge is -2.29. The number of aromatic nitrogens is 1. The lowest BCUT2D eigenvalue weighted by atomic mass is 10.1. The Hall–Kier alpha value is -1.36. The van der Waals surface area contributed by atoms with E-state index >= 15 is 0 Å². The van der Waals surface area contributed by atoms with Crippen LogP contribution in [0, 0.1) is 0 Å². The van der Waals surface area contributed by atoms with Crippen molar-refractivity contribution in [1.82, 2.24) is 9.88 Å². The molecule has 21 heavy (non-hydrogen) atoms. The van der Waals surface area contributed by atoms with Crippen molar-refractivity contribution in [2.24, 2.45) is 0 Å². The Morgan fingerprint density at radius 3 is 2.62 bits per heavy atom. The van der Waals surface area contributed by atoms with Crippen LogP contribution in [0.25, 0.3) is 0 Å². The van der Waals surface area contributed by atoms with E-state index in [0.717, 1.165) is 24.4 Å². The second-order valence-electron chi connectivity index (χ2n) is 5.64. The minimum atomic E-state index is -0.429. The number of rotatable bonds is 2. The summed E-state index contributed by atoms with van der Waals surface area (Å²) in [5.41, 5.74) is 0.928. The van der Waals surface area contributed by atoms with E-state index in [0.29, 0.717) is 6.54 Å². The van der Waals surface area contributed by atoms with Crippen LogP contribution in [0.15, 0.2) is 23.2 Å². The first-order chi connectivity index (χ1) is 9.94. The molecule has 4 nitrogen and oxygen atoms in total.